The minimum Gasteiger partial charge on any atom is -0.347 e. The molecule has 0 saturated carbocycles. The Labute approximate surface area is 181 Å². The lowest BCUT2D eigenvalue weighted by Crippen LogP contribution is -2.38. The van der Waals surface area contributed by atoms with Crippen molar-refractivity contribution in [1.29, 1.82) is 0 Å². The van der Waals surface area contributed by atoms with Gasteiger partial charge in [0.15, 0.2) is 0 Å². The molecular formula is C23H17N5O2S. The van der Waals surface area contributed by atoms with Crippen LogP contribution in [0.4, 0.5) is 0 Å². The summed E-state index contributed by atoms with van der Waals surface area (Å²) in [4.78, 5) is 27.9. The van der Waals surface area contributed by atoms with Crippen LogP contribution in [-0.2, 0) is 13.0 Å². The normalized spacial score (nSPS) is 15.9. The first-order chi connectivity index (χ1) is 15.3. The van der Waals surface area contributed by atoms with Crippen LogP contribution < -0.4 is 0 Å². The van der Waals surface area contributed by atoms with Gasteiger partial charge >= 0.3 is 0 Å². The van der Waals surface area contributed by atoms with Gasteiger partial charge in [-0.05, 0) is 28.3 Å². The van der Waals surface area contributed by atoms with E-state index >= 15 is 0 Å². The predicted octanol–water partition coefficient (Wildman–Crippen LogP) is 4.61. The van der Waals surface area contributed by atoms with E-state index in [1.165, 1.54) is 11.3 Å². The summed E-state index contributed by atoms with van der Waals surface area (Å²) in [7, 11) is 0. The molecule has 8 heteroatoms. The molecule has 1 aliphatic heterocycles. The standard InChI is InChI=1S/C23H17N5O2S/c29-23(20-6-3-9-31-20)28-12-18-17(24-13-25-18)11-19(28)22-26-21(27-30-22)16-8-7-14-4-1-2-5-15(14)10-16/h1-10,13,19H,11-12H2,(H,24,25). The summed E-state index contributed by atoms with van der Waals surface area (Å²) in [5.41, 5.74) is 2.74. The summed E-state index contributed by atoms with van der Waals surface area (Å²) in [6, 6.07) is 17.6. The zero-order chi connectivity index (χ0) is 20.8. The Morgan fingerprint density at radius 2 is 2.03 bits per heavy atom. The molecule has 1 atom stereocenters. The second kappa shape index (κ2) is 7.17. The molecular weight excluding hydrogens is 410 g/mol. The number of thiophene rings is 1. The lowest BCUT2D eigenvalue weighted by molar-refractivity contribution is 0.0595. The molecule has 1 N–H and O–H groups in total. The highest BCUT2D eigenvalue weighted by Gasteiger charge is 2.36. The largest absolute Gasteiger partial charge is 0.347 e. The van der Waals surface area contributed by atoms with Crippen LogP contribution in [0.1, 0.15) is 33.0 Å². The smallest absolute Gasteiger partial charge is 0.264 e. The molecule has 1 unspecified atom stereocenters. The number of fused-ring (bicyclic) bond motifs is 2. The second-order valence-corrected chi connectivity index (χ2v) is 8.42. The first kappa shape index (κ1) is 18.0. The van der Waals surface area contributed by atoms with Gasteiger partial charge in [0.1, 0.15) is 6.04 Å². The van der Waals surface area contributed by atoms with Crippen molar-refractivity contribution in [2.24, 2.45) is 0 Å². The van der Waals surface area contributed by atoms with Crippen molar-refractivity contribution < 1.29 is 9.32 Å². The van der Waals surface area contributed by atoms with Crippen LogP contribution in [0.3, 0.4) is 0 Å². The van der Waals surface area contributed by atoms with Gasteiger partial charge in [-0.15, -0.1) is 11.3 Å². The van der Waals surface area contributed by atoms with Gasteiger partial charge < -0.3 is 14.4 Å². The first-order valence-corrected chi connectivity index (χ1v) is 10.8. The fraction of sp³-hybridized carbons (Fsp3) is 0.130. The third-order valence-electron chi connectivity index (χ3n) is 5.63. The Kier molecular flexibility index (Phi) is 4.17. The van der Waals surface area contributed by atoms with Crippen LogP contribution in [-0.4, -0.2) is 30.9 Å². The summed E-state index contributed by atoms with van der Waals surface area (Å²) in [6.07, 6.45) is 2.18. The van der Waals surface area contributed by atoms with Gasteiger partial charge in [0.05, 0.1) is 29.1 Å². The van der Waals surface area contributed by atoms with Crippen molar-refractivity contribution in [3.63, 3.8) is 0 Å². The summed E-state index contributed by atoms with van der Waals surface area (Å²) in [5, 5.41) is 8.38. The number of H-pyrrole nitrogens is 1. The van der Waals surface area contributed by atoms with E-state index in [2.05, 4.69) is 32.2 Å². The van der Waals surface area contributed by atoms with Crippen LogP contribution in [0.2, 0.25) is 0 Å². The molecule has 4 heterocycles. The molecule has 152 valence electrons. The van der Waals surface area contributed by atoms with E-state index in [-0.39, 0.29) is 11.9 Å². The van der Waals surface area contributed by atoms with E-state index in [9.17, 15) is 4.79 Å². The van der Waals surface area contributed by atoms with Gasteiger partial charge in [-0.1, -0.05) is 47.6 Å². The lowest BCUT2D eigenvalue weighted by atomic mass is 10.0. The first-order valence-electron chi connectivity index (χ1n) is 9.94. The highest BCUT2D eigenvalue weighted by molar-refractivity contribution is 7.12. The molecule has 0 radical (unpaired) electrons. The second-order valence-electron chi connectivity index (χ2n) is 7.48. The number of imidazole rings is 1. The van der Waals surface area contributed by atoms with Gasteiger partial charge in [-0.3, -0.25) is 4.79 Å². The molecule has 0 spiro atoms. The predicted molar refractivity (Wildman–Crippen MR) is 116 cm³/mol. The van der Waals surface area contributed by atoms with Crippen LogP contribution in [0.5, 0.6) is 0 Å². The maximum absolute atomic E-state index is 13.2. The number of amides is 1. The molecule has 1 aliphatic rings. The number of nitrogens with zero attached hydrogens (tertiary/aromatic N) is 4. The van der Waals surface area contributed by atoms with Gasteiger partial charge in [-0.25, -0.2) is 4.98 Å². The minimum absolute atomic E-state index is 0.0503. The summed E-state index contributed by atoms with van der Waals surface area (Å²) < 4.78 is 5.67. The van der Waals surface area contributed by atoms with E-state index in [1.54, 1.807) is 11.2 Å². The van der Waals surface area contributed by atoms with Crippen molar-refractivity contribution in [2.75, 3.05) is 0 Å². The number of nitrogens with one attached hydrogen (secondary N) is 1. The number of benzene rings is 2. The molecule has 7 nitrogen and oxygen atoms in total. The zero-order valence-electron chi connectivity index (χ0n) is 16.4. The Bertz CT molecular complexity index is 1390. The molecule has 6 rings (SSSR count). The Balaban J connectivity index is 1.37. The van der Waals surface area contributed by atoms with Crippen LogP contribution in [0, 0.1) is 0 Å². The fourth-order valence-corrected chi connectivity index (χ4v) is 4.71. The molecule has 31 heavy (non-hydrogen) atoms. The van der Waals surface area contributed by atoms with E-state index in [4.69, 9.17) is 4.52 Å². The van der Waals surface area contributed by atoms with Gasteiger partial charge in [0.25, 0.3) is 5.91 Å². The number of carbonyl (C=O) groups is 1. The van der Waals surface area contributed by atoms with Crippen molar-refractivity contribution in [1.82, 2.24) is 25.0 Å². The Hall–Kier alpha value is -3.78. The molecule has 0 saturated heterocycles. The van der Waals surface area contributed by atoms with E-state index in [1.807, 2.05) is 47.8 Å². The fourth-order valence-electron chi connectivity index (χ4n) is 4.03. The Morgan fingerprint density at radius 3 is 2.90 bits per heavy atom. The number of aromatic amines is 1. The average Bonchev–Trinajstić information content (AvgIpc) is 3.58. The highest BCUT2D eigenvalue weighted by atomic mass is 32.1. The number of hydrogen-bond donors (Lipinski definition) is 1. The number of rotatable bonds is 3. The summed E-state index contributed by atoms with van der Waals surface area (Å²) in [6.45, 7) is 0.421. The summed E-state index contributed by atoms with van der Waals surface area (Å²) in [5.74, 6) is 0.879. The number of aromatic nitrogens is 4. The van der Waals surface area contributed by atoms with Crippen LogP contribution in [0.25, 0.3) is 22.2 Å². The third kappa shape index (κ3) is 3.12. The summed E-state index contributed by atoms with van der Waals surface area (Å²) >= 11 is 1.42. The van der Waals surface area contributed by atoms with Gasteiger partial charge in [-0.2, -0.15) is 4.98 Å². The van der Waals surface area contributed by atoms with E-state index in [0.717, 1.165) is 27.7 Å². The SMILES string of the molecule is O=C(c1cccs1)N1Cc2[nH]cnc2CC1c1nc(-c2ccc3ccccc3c2)no1. The van der Waals surface area contributed by atoms with Crippen molar-refractivity contribution in [2.45, 2.75) is 19.0 Å². The molecule has 0 aliphatic carbocycles. The molecule has 1 amide bonds. The Morgan fingerprint density at radius 1 is 1.13 bits per heavy atom. The lowest BCUT2D eigenvalue weighted by Gasteiger charge is -2.32. The van der Waals surface area contributed by atoms with Crippen molar-refractivity contribution >= 4 is 28.0 Å². The minimum atomic E-state index is -0.368. The maximum Gasteiger partial charge on any atom is 0.264 e. The van der Waals surface area contributed by atoms with Crippen LogP contribution >= 0.6 is 11.3 Å². The van der Waals surface area contributed by atoms with Crippen molar-refractivity contribution in [3.05, 3.63) is 88.5 Å². The number of hydrogen-bond acceptors (Lipinski definition) is 6. The van der Waals surface area contributed by atoms with Gasteiger partial charge in [0.2, 0.25) is 11.7 Å². The van der Waals surface area contributed by atoms with Gasteiger partial charge in [0, 0.05) is 12.0 Å². The maximum atomic E-state index is 13.2. The third-order valence-corrected chi connectivity index (χ3v) is 6.48. The van der Waals surface area contributed by atoms with E-state index in [0.29, 0.717) is 29.6 Å². The van der Waals surface area contributed by atoms with Crippen molar-refractivity contribution in [3.8, 4) is 11.4 Å². The molecule has 2 aromatic carbocycles. The molecule has 5 aromatic rings. The number of carbonyl (C=O) groups excluding carboxylic acids is 1. The molecule has 0 bridgehead atoms. The van der Waals surface area contributed by atoms with E-state index < -0.39 is 0 Å². The highest BCUT2D eigenvalue weighted by Crippen LogP contribution is 2.34. The zero-order valence-corrected chi connectivity index (χ0v) is 17.2. The molecule has 3 aromatic heterocycles. The molecule has 0 fully saturated rings. The quantitative estimate of drug-likeness (QED) is 0.454. The monoisotopic (exact) mass is 427 g/mol. The van der Waals surface area contributed by atoms with Crippen LogP contribution in [0.15, 0.2) is 70.8 Å². The topological polar surface area (TPSA) is 87.9 Å². The average molecular weight is 427 g/mol.